The second kappa shape index (κ2) is 6.91. The molecule has 1 aliphatic heterocycles. The van der Waals surface area contributed by atoms with Crippen LogP contribution in [0.25, 0.3) is 5.69 Å². The lowest BCUT2D eigenvalue weighted by atomic mass is 9.92. The number of H-pyrrole nitrogens is 1. The Morgan fingerprint density at radius 3 is 2.68 bits per heavy atom. The van der Waals surface area contributed by atoms with Crippen molar-refractivity contribution < 1.29 is 4.79 Å². The average molecular weight is 378 g/mol. The summed E-state index contributed by atoms with van der Waals surface area (Å²) >= 11 is 0. The van der Waals surface area contributed by atoms with E-state index in [9.17, 15) is 4.79 Å². The first-order chi connectivity index (χ1) is 13.3. The maximum Gasteiger partial charge on any atom is 0.277 e. The van der Waals surface area contributed by atoms with Gasteiger partial charge in [0.2, 0.25) is 0 Å². The molecule has 0 saturated carbocycles. The normalized spacial score (nSPS) is 14.0. The third kappa shape index (κ3) is 3.45. The summed E-state index contributed by atoms with van der Waals surface area (Å²) in [6.45, 7) is 9.91. The van der Waals surface area contributed by atoms with Crippen molar-refractivity contribution in [2.45, 2.75) is 46.1 Å². The summed E-state index contributed by atoms with van der Waals surface area (Å²) < 4.78 is 1.79. The lowest BCUT2D eigenvalue weighted by Gasteiger charge is -2.14. The van der Waals surface area contributed by atoms with Gasteiger partial charge in [-0.25, -0.2) is 4.68 Å². The molecule has 0 saturated heterocycles. The van der Waals surface area contributed by atoms with Crippen molar-refractivity contribution in [3.8, 4) is 5.69 Å². The number of fused-ring (bicyclic) bond motifs is 1. The smallest absolute Gasteiger partial charge is 0.277 e. The van der Waals surface area contributed by atoms with E-state index in [1.165, 1.54) is 5.56 Å². The molecule has 0 fully saturated rings. The zero-order valence-electron chi connectivity index (χ0n) is 16.8. The Hall–Kier alpha value is -2.93. The maximum atomic E-state index is 13.0. The van der Waals surface area contributed by atoms with E-state index in [2.05, 4.69) is 41.6 Å². The largest absolute Gasteiger partial charge is 0.312 e. The molecular weight excluding hydrogens is 352 g/mol. The molecule has 28 heavy (non-hydrogen) atoms. The highest BCUT2D eigenvalue weighted by molar-refractivity contribution is 6.03. The van der Waals surface area contributed by atoms with Gasteiger partial charge in [-0.2, -0.15) is 10.2 Å². The van der Waals surface area contributed by atoms with Crippen LogP contribution < -0.4 is 10.6 Å². The van der Waals surface area contributed by atoms with Gasteiger partial charge in [0.1, 0.15) is 5.82 Å². The van der Waals surface area contributed by atoms with Crippen molar-refractivity contribution in [2.75, 3.05) is 11.9 Å². The summed E-state index contributed by atoms with van der Waals surface area (Å²) in [4.78, 5) is 13.0. The number of amides is 1. The molecule has 0 unspecified atom stereocenters. The van der Waals surface area contributed by atoms with Crippen molar-refractivity contribution in [2.24, 2.45) is 0 Å². The number of aromatic nitrogens is 4. The highest BCUT2D eigenvalue weighted by Crippen LogP contribution is 2.27. The van der Waals surface area contributed by atoms with Gasteiger partial charge in [-0.3, -0.25) is 9.89 Å². The molecule has 3 heterocycles. The van der Waals surface area contributed by atoms with Gasteiger partial charge in [0.15, 0.2) is 5.69 Å². The molecule has 0 spiro atoms. The first-order valence-corrected chi connectivity index (χ1v) is 9.59. The van der Waals surface area contributed by atoms with Gasteiger partial charge in [-0.05, 0) is 19.1 Å². The third-order valence-corrected chi connectivity index (χ3v) is 5.02. The lowest BCUT2D eigenvalue weighted by Crippen LogP contribution is -2.25. The van der Waals surface area contributed by atoms with E-state index in [0.717, 1.165) is 35.6 Å². The van der Waals surface area contributed by atoms with Crippen molar-refractivity contribution in [3.63, 3.8) is 0 Å². The number of hydrogen-bond donors (Lipinski definition) is 3. The van der Waals surface area contributed by atoms with Crippen molar-refractivity contribution in [1.29, 1.82) is 0 Å². The molecule has 7 nitrogen and oxygen atoms in total. The molecule has 0 aliphatic carbocycles. The second-order valence-corrected chi connectivity index (χ2v) is 8.32. The van der Waals surface area contributed by atoms with Crippen LogP contribution in [-0.4, -0.2) is 32.4 Å². The minimum Gasteiger partial charge on any atom is -0.312 e. The van der Waals surface area contributed by atoms with Gasteiger partial charge < -0.3 is 10.6 Å². The molecule has 4 rings (SSSR count). The van der Waals surface area contributed by atoms with Gasteiger partial charge in [0.25, 0.3) is 5.91 Å². The van der Waals surface area contributed by atoms with Crippen LogP contribution in [0.5, 0.6) is 0 Å². The summed E-state index contributed by atoms with van der Waals surface area (Å²) in [5, 5.41) is 18.3. The number of rotatable bonds is 3. The van der Waals surface area contributed by atoms with Crippen LogP contribution >= 0.6 is 0 Å². The van der Waals surface area contributed by atoms with Gasteiger partial charge in [0.05, 0.1) is 11.4 Å². The monoisotopic (exact) mass is 378 g/mol. The molecule has 0 bridgehead atoms. The number of aromatic amines is 1. The van der Waals surface area contributed by atoms with E-state index in [0.29, 0.717) is 18.1 Å². The van der Waals surface area contributed by atoms with E-state index in [1.54, 1.807) is 4.68 Å². The fourth-order valence-electron chi connectivity index (χ4n) is 3.31. The Morgan fingerprint density at radius 2 is 1.96 bits per heavy atom. The van der Waals surface area contributed by atoms with Gasteiger partial charge in [-0.15, -0.1) is 0 Å². The molecule has 1 aromatic carbocycles. The number of hydrogen-bond acceptors (Lipinski definition) is 4. The van der Waals surface area contributed by atoms with Crippen LogP contribution in [0, 0.1) is 6.92 Å². The molecule has 146 valence electrons. The predicted octanol–water partition coefficient (Wildman–Crippen LogP) is 3.10. The molecule has 0 atom stereocenters. The van der Waals surface area contributed by atoms with Crippen LogP contribution in [0.1, 0.15) is 53.8 Å². The van der Waals surface area contributed by atoms with E-state index in [4.69, 9.17) is 5.10 Å². The number of anilines is 1. The summed E-state index contributed by atoms with van der Waals surface area (Å²) in [6, 6.07) is 10.0. The van der Waals surface area contributed by atoms with Crippen LogP contribution in [0.15, 0.2) is 30.3 Å². The maximum absolute atomic E-state index is 13.0. The molecular formula is C21H26N6O. The van der Waals surface area contributed by atoms with E-state index < -0.39 is 0 Å². The number of carbonyl (C=O) groups is 1. The third-order valence-electron chi connectivity index (χ3n) is 5.02. The Morgan fingerprint density at radius 1 is 1.21 bits per heavy atom. The van der Waals surface area contributed by atoms with Gasteiger partial charge >= 0.3 is 0 Å². The Bertz CT molecular complexity index is 1010. The average Bonchev–Trinajstić information content (AvgIpc) is 3.26. The molecule has 1 aliphatic rings. The summed E-state index contributed by atoms with van der Waals surface area (Å²) in [7, 11) is 0. The summed E-state index contributed by atoms with van der Waals surface area (Å²) in [5.74, 6) is 0.411. The number of nitrogens with zero attached hydrogens (tertiary/aromatic N) is 3. The van der Waals surface area contributed by atoms with Crippen LogP contribution in [0.4, 0.5) is 5.82 Å². The zero-order chi connectivity index (χ0) is 19.9. The Labute approximate surface area is 164 Å². The fraction of sp³-hybridized carbons (Fsp3) is 0.381. The van der Waals surface area contributed by atoms with Crippen LogP contribution in [-0.2, 0) is 18.4 Å². The zero-order valence-corrected chi connectivity index (χ0v) is 16.8. The Kier molecular flexibility index (Phi) is 4.55. The first-order valence-electron chi connectivity index (χ1n) is 9.59. The minimum atomic E-state index is -0.227. The Balaban J connectivity index is 1.70. The van der Waals surface area contributed by atoms with Crippen molar-refractivity contribution in [3.05, 3.63) is 58.5 Å². The molecule has 0 radical (unpaired) electrons. The summed E-state index contributed by atoms with van der Waals surface area (Å²) in [6.07, 6.45) is 0.852. The van der Waals surface area contributed by atoms with Crippen molar-refractivity contribution >= 4 is 11.7 Å². The molecule has 7 heteroatoms. The van der Waals surface area contributed by atoms with Crippen molar-refractivity contribution in [1.82, 2.24) is 25.3 Å². The molecule has 3 aromatic rings. The summed E-state index contributed by atoms with van der Waals surface area (Å²) in [5.41, 5.74) is 5.28. The van der Waals surface area contributed by atoms with Gasteiger partial charge in [-0.1, -0.05) is 38.5 Å². The second-order valence-electron chi connectivity index (χ2n) is 8.32. The topological polar surface area (TPSA) is 87.6 Å². The van der Waals surface area contributed by atoms with E-state index in [1.807, 2.05) is 37.3 Å². The number of benzene rings is 1. The standard InChI is InChI=1S/C21H26N6O/c1-13-5-7-14(8-6-13)27-18(11-17(26-27)21(2,3)4)23-20(28)19-15-12-22-10-9-16(15)24-25-19/h5-8,11,22H,9-10,12H2,1-4H3,(H,23,28)(H,24,25). The van der Waals surface area contributed by atoms with E-state index in [-0.39, 0.29) is 11.3 Å². The molecule has 2 aromatic heterocycles. The van der Waals surface area contributed by atoms with E-state index >= 15 is 0 Å². The predicted molar refractivity (Wildman–Crippen MR) is 109 cm³/mol. The SMILES string of the molecule is Cc1ccc(-n2nc(C(C)(C)C)cc2NC(=O)c2n[nH]c3c2CNCC3)cc1. The fourth-order valence-corrected chi connectivity index (χ4v) is 3.31. The first kappa shape index (κ1) is 18.4. The van der Waals surface area contributed by atoms with Crippen LogP contribution in [0.2, 0.25) is 0 Å². The number of carbonyl (C=O) groups excluding carboxylic acids is 1. The number of nitrogens with one attached hydrogen (secondary N) is 3. The molecule has 3 N–H and O–H groups in total. The van der Waals surface area contributed by atoms with Gasteiger partial charge in [0, 0.05) is 42.2 Å². The lowest BCUT2D eigenvalue weighted by molar-refractivity contribution is 0.102. The minimum absolute atomic E-state index is 0.134. The quantitative estimate of drug-likeness (QED) is 0.653. The molecule has 1 amide bonds. The highest BCUT2D eigenvalue weighted by atomic mass is 16.2. The van der Waals surface area contributed by atoms with Crippen LogP contribution in [0.3, 0.4) is 0 Å². The highest BCUT2D eigenvalue weighted by Gasteiger charge is 2.25. The number of aryl methyl sites for hydroxylation is 1.